The minimum Gasteiger partial charge on any atom is -0.376 e. The van der Waals surface area contributed by atoms with E-state index in [4.69, 9.17) is 4.74 Å². The Bertz CT molecular complexity index is 187. The zero-order chi connectivity index (χ0) is 12.5. The molecule has 3 heteroatoms. The van der Waals surface area contributed by atoms with E-state index in [1.54, 1.807) is 0 Å². The molecule has 0 aromatic heterocycles. The van der Waals surface area contributed by atoms with Gasteiger partial charge in [0.1, 0.15) is 0 Å². The largest absolute Gasteiger partial charge is 0.376 e. The monoisotopic (exact) mass is 242 g/mol. The van der Waals surface area contributed by atoms with Gasteiger partial charge < -0.3 is 10.1 Å². The number of hydrogen-bond donors (Lipinski definition) is 1. The summed E-state index contributed by atoms with van der Waals surface area (Å²) < 4.78 is 5.64. The van der Waals surface area contributed by atoms with E-state index < -0.39 is 0 Å². The SMILES string of the molecule is CCNCCCCCCN1CC(C)OCC1C. The van der Waals surface area contributed by atoms with Gasteiger partial charge in [-0.1, -0.05) is 19.8 Å². The molecule has 102 valence electrons. The summed E-state index contributed by atoms with van der Waals surface area (Å²) in [5, 5.41) is 3.37. The number of unbranched alkanes of at least 4 members (excludes halogenated alkanes) is 3. The van der Waals surface area contributed by atoms with Gasteiger partial charge >= 0.3 is 0 Å². The normalized spacial score (nSPS) is 26.3. The van der Waals surface area contributed by atoms with Crippen molar-refractivity contribution in [2.45, 2.75) is 58.6 Å². The summed E-state index contributed by atoms with van der Waals surface area (Å²) in [5.74, 6) is 0. The lowest BCUT2D eigenvalue weighted by Crippen LogP contribution is -2.47. The van der Waals surface area contributed by atoms with Crippen LogP contribution in [0.4, 0.5) is 0 Å². The summed E-state index contributed by atoms with van der Waals surface area (Å²) in [7, 11) is 0. The number of rotatable bonds is 8. The quantitative estimate of drug-likeness (QED) is 0.661. The van der Waals surface area contributed by atoms with E-state index >= 15 is 0 Å². The Morgan fingerprint density at radius 3 is 2.71 bits per heavy atom. The van der Waals surface area contributed by atoms with E-state index in [9.17, 15) is 0 Å². The van der Waals surface area contributed by atoms with Crippen LogP contribution in [0.1, 0.15) is 46.5 Å². The Labute approximate surface area is 107 Å². The van der Waals surface area contributed by atoms with Crippen LogP contribution in [-0.2, 0) is 4.74 Å². The molecule has 0 aromatic carbocycles. The van der Waals surface area contributed by atoms with Crippen LogP contribution in [0.5, 0.6) is 0 Å². The lowest BCUT2D eigenvalue weighted by molar-refractivity contribution is -0.0496. The molecule has 0 bridgehead atoms. The van der Waals surface area contributed by atoms with Crippen LogP contribution in [0.15, 0.2) is 0 Å². The van der Waals surface area contributed by atoms with Gasteiger partial charge in [-0.25, -0.2) is 0 Å². The average molecular weight is 242 g/mol. The summed E-state index contributed by atoms with van der Waals surface area (Å²) in [5.41, 5.74) is 0. The first-order valence-corrected chi connectivity index (χ1v) is 7.30. The van der Waals surface area contributed by atoms with E-state index in [0.717, 1.165) is 19.7 Å². The van der Waals surface area contributed by atoms with Gasteiger partial charge in [-0.3, -0.25) is 4.90 Å². The number of nitrogens with one attached hydrogen (secondary N) is 1. The third kappa shape index (κ3) is 6.39. The fraction of sp³-hybridized carbons (Fsp3) is 1.00. The maximum Gasteiger partial charge on any atom is 0.0674 e. The Balaban J connectivity index is 1.97. The molecule has 1 heterocycles. The molecule has 3 nitrogen and oxygen atoms in total. The summed E-state index contributed by atoms with van der Waals surface area (Å²) in [6.45, 7) is 12.2. The minimum absolute atomic E-state index is 0.417. The van der Waals surface area contributed by atoms with Crippen molar-refractivity contribution < 1.29 is 4.74 Å². The molecule has 0 aromatic rings. The molecule has 1 aliphatic rings. The number of hydrogen-bond acceptors (Lipinski definition) is 3. The van der Waals surface area contributed by atoms with Gasteiger partial charge in [-0.05, 0) is 46.3 Å². The molecule has 2 atom stereocenters. The van der Waals surface area contributed by atoms with Crippen molar-refractivity contribution in [2.24, 2.45) is 0 Å². The Kier molecular flexibility index (Phi) is 7.82. The average Bonchev–Trinajstić information content (AvgIpc) is 2.32. The van der Waals surface area contributed by atoms with E-state index in [0.29, 0.717) is 12.1 Å². The van der Waals surface area contributed by atoms with Crippen molar-refractivity contribution in [2.75, 3.05) is 32.8 Å². The van der Waals surface area contributed by atoms with E-state index in [1.165, 1.54) is 38.8 Å². The highest BCUT2D eigenvalue weighted by Gasteiger charge is 2.22. The first-order valence-electron chi connectivity index (χ1n) is 7.30. The summed E-state index contributed by atoms with van der Waals surface area (Å²) in [6, 6.07) is 0.605. The Morgan fingerprint density at radius 1 is 1.18 bits per heavy atom. The van der Waals surface area contributed by atoms with E-state index in [2.05, 4.69) is 31.0 Å². The molecule has 0 amide bonds. The van der Waals surface area contributed by atoms with Crippen LogP contribution < -0.4 is 5.32 Å². The van der Waals surface area contributed by atoms with Gasteiger partial charge in [0.05, 0.1) is 12.7 Å². The smallest absolute Gasteiger partial charge is 0.0674 e. The molecule has 1 rings (SSSR count). The van der Waals surface area contributed by atoms with Gasteiger partial charge in [0, 0.05) is 12.6 Å². The molecule has 1 N–H and O–H groups in total. The van der Waals surface area contributed by atoms with Crippen LogP contribution in [0.3, 0.4) is 0 Å². The summed E-state index contributed by atoms with van der Waals surface area (Å²) >= 11 is 0. The van der Waals surface area contributed by atoms with Crippen molar-refractivity contribution in [3.63, 3.8) is 0 Å². The summed E-state index contributed by atoms with van der Waals surface area (Å²) in [6.07, 6.45) is 5.80. The van der Waals surface area contributed by atoms with Gasteiger partial charge in [-0.2, -0.15) is 0 Å². The van der Waals surface area contributed by atoms with Gasteiger partial charge in [0.25, 0.3) is 0 Å². The second-order valence-electron chi connectivity index (χ2n) is 5.26. The van der Waals surface area contributed by atoms with Crippen molar-refractivity contribution in [3.05, 3.63) is 0 Å². The van der Waals surface area contributed by atoms with Gasteiger partial charge in [0.2, 0.25) is 0 Å². The molecule has 1 saturated heterocycles. The van der Waals surface area contributed by atoms with Crippen molar-refractivity contribution in [1.29, 1.82) is 0 Å². The zero-order valence-corrected chi connectivity index (χ0v) is 11.9. The van der Waals surface area contributed by atoms with Crippen LogP contribution in [-0.4, -0.2) is 49.8 Å². The highest BCUT2D eigenvalue weighted by atomic mass is 16.5. The highest BCUT2D eigenvalue weighted by Crippen LogP contribution is 2.12. The first kappa shape index (κ1) is 14.9. The summed E-state index contributed by atoms with van der Waals surface area (Å²) in [4.78, 5) is 2.58. The molecular formula is C14H30N2O. The lowest BCUT2D eigenvalue weighted by Gasteiger charge is -2.36. The molecular weight excluding hydrogens is 212 g/mol. The molecule has 2 unspecified atom stereocenters. The van der Waals surface area contributed by atoms with Crippen molar-refractivity contribution in [3.8, 4) is 0 Å². The van der Waals surface area contributed by atoms with Crippen LogP contribution in [0.2, 0.25) is 0 Å². The van der Waals surface area contributed by atoms with E-state index in [1.807, 2.05) is 0 Å². The molecule has 0 aliphatic carbocycles. The maximum absolute atomic E-state index is 5.64. The fourth-order valence-corrected chi connectivity index (χ4v) is 2.38. The minimum atomic E-state index is 0.417. The molecule has 17 heavy (non-hydrogen) atoms. The standard InChI is InChI=1S/C14H30N2O/c1-4-15-9-7-5-6-8-10-16-11-14(3)17-12-13(16)2/h13-15H,4-12H2,1-3H3. The third-order valence-corrected chi connectivity index (χ3v) is 3.54. The topological polar surface area (TPSA) is 24.5 Å². The fourth-order valence-electron chi connectivity index (χ4n) is 2.38. The third-order valence-electron chi connectivity index (χ3n) is 3.54. The second kappa shape index (κ2) is 8.90. The maximum atomic E-state index is 5.64. The van der Waals surface area contributed by atoms with Crippen LogP contribution in [0.25, 0.3) is 0 Å². The zero-order valence-electron chi connectivity index (χ0n) is 11.9. The van der Waals surface area contributed by atoms with Crippen molar-refractivity contribution >= 4 is 0 Å². The molecule has 0 spiro atoms. The molecule has 1 aliphatic heterocycles. The van der Waals surface area contributed by atoms with E-state index in [-0.39, 0.29) is 0 Å². The first-order chi connectivity index (χ1) is 8.24. The number of nitrogens with zero attached hydrogens (tertiary/aromatic N) is 1. The van der Waals surface area contributed by atoms with Crippen LogP contribution in [0, 0.1) is 0 Å². The Morgan fingerprint density at radius 2 is 1.94 bits per heavy atom. The van der Waals surface area contributed by atoms with Crippen LogP contribution >= 0.6 is 0 Å². The molecule has 0 saturated carbocycles. The predicted molar refractivity (Wildman–Crippen MR) is 73.5 cm³/mol. The number of morpholine rings is 1. The second-order valence-corrected chi connectivity index (χ2v) is 5.26. The molecule has 1 fully saturated rings. The Hall–Kier alpha value is -0.120. The highest BCUT2D eigenvalue weighted by molar-refractivity contribution is 4.74. The van der Waals surface area contributed by atoms with Gasteiger partial charge in [-0.15, -0.1) is 0 Å². The molecule has 0 radical (unpaired) electrons. The lowest BCUT2D eigenvalue weighted by atomic mass is 10.1. The van der Waals surface area contributed by atoms with Crippen molar-refractivity contribution in [1.82, 2.24) is 10.2 Å². The number of ether oxygens (including phenoxy) is 1. The van der Waals surface area contributed by atoms with Gasteiger partial charge in [0.15, 0.2) is 0 Å². The predicted octanol–water partition coefficient (Wildman–Crippen LogP) is 2.27.